The number of methoxy groups -OCH3 is 1. The van der Waals surface area contributed by atoms with Gasteiger partial charge in [0.15, 0.2) is 11.2 Å². The van der Waals surface area contributed by atoms with Crippen LogP contribution in [0.25, 0.3) is 11.0 Å². The number of ketones is 1. The second-order valence-electron chi connectivity index (χ2n) is 6.46. The molecule has 0 fully saturated rings. The van der Waals surface area contributed by atoms with Crippen LogP contribution in [0.5, 0.6) is 0 Å². The Hall–Kier alpha value is -3.12. The Bertz CT molecular complexity index is 1090. The highest BCUT2D eigenvalue weighted by atomic mass is 35.5. The number of carbonyl (C=O) groups excluding carboxylic acids is 3. The van der Waals surface area contributed by atoms with E-state index in [9.17, 15) is 14.4 Å². The van der Waals surface area contributed by atoms with E-state index in [1.165, 1.54) is 45.4 Å². The molecule has 28 heavy (non-hydrogen) atoms. The van der Waals surface area contributed by atoms with Crippen LogP contribution in [-0.4, -0.2) is 24.8 Å². The van der Waals surface area contributed by atoms with Crippen LogP contribution in [0.3, 0.4) is 0 Å². The van der Waals surface area contributed by atoms with Crippen molar-refractivity contribution in [3.63, 3.8) is 0 Å². The van der Waals surface area contributed by atoms with Gasteiger partial charge in [0.25, 0.3) is 0 Å². The zero-order valence-corrected chi connectivity index (χ0v) is 16.3. The van der Waals surface area contributed by atoms with Crippen LogP contribution in [0, 0.1) is 0 Å². The number of ether oxygens (including phenoxy) is 1. The van der Waals surface area contributed by atoms with Gasteiger partial charge < -0.3 is 14.5 Å². The standard InChI is InChI=1S/C21H18ClNO5/c1-12(24)23-17-10-13(22)8-9-15(17)19(25)21(2,20(26)27-3)16-11-28-18-7-5-4-6-14(16)18/h4-11H,1-3H3,(H,23,24). The minimum absolute atomic E-state index is 0.137. The van der Waals surface area contributed by atoms with Gasteiger partial charge in [-0.1, -0.05) is 29.8 Å². The number of rotatable bonds is 5. The third-order valence-corrected chi connectivity index (χ3v) is 4.84. The molecule has 7 heteroatoms. The number of esters is 1. The Morgan fingerprint density at radius 2 is 1.86 bits per heavy atom. The first-order valence-electron chi connectivity index (χ1n) is 8.46. The average molecular weight is 400 g/mol. The van der Waals surface area contributed by atoms with Gasteiger partial charge in [0.2, 0.25) is 5.91 Å². The molecule has 0 spiro atoms. The zero-order chi connectivity index (χ0) is 20.5. The summed E-state index contributed by atoms with van der Waals surface area (Å²) < 4.78 is 10.5. The summed E-state index contributed by atoms with van der Waals surface area (Å²) in [6.07, 6.45) is 1.38. The molecule has 6 nitrogen and oxygen atoms in total. The molecule has 1 N–H and O–H groups in total. The fourth-order valence-corrected chi connectivity index (χ4v) is 3.34. The third-order valence-electron chi connectivity index (χ3n) is 4.60. The summed E-state index contributed by atoms with van der Waals surface area (Å²) >= 11 is 6.02. The number of furan rings is 1. The molecule has 2 aromatic carbocycles. The molecule has 1 heterocycles. The number of anilines is 1. The van der Waals surface area contributed by atoms with E-state index >= 15 is 0 Å². The summed E-state index contributed by atoms with van der Waals surface area (Å²) in [5, 5.41) is 3.55. The molecule has 3 aromatic rings. The minimum atomic E-state index is -1.69. The Kier molecular flexibility index (Phi) is 5.25. The van der Waals surface area contributed by atoms with Crippen molar-refractivity contribution >= 4 is 45.9 Å². The molecule has 0 aliphatic rings. The molecule has 1 aromatic heterocycles. The van der Waals surface area contributed by atoms with E-state index in [4.69, 9.17) is 20.8 Å². The highest BCUT2D eigenvalue weighted by Crippen LogP contribution is 2.38. The van der Waals surface area contributed by atoms with Crippen molar-refractivity contribution in [2.45, 2.75) is 19.3 Å². The van der Waals surface area contributed by atoms with Crippen LogP contribution < -0.4 is 5.32 Å². The molecular formula is C21H18ClNO5. The number of nitrogens with one attached hydrogen (secondary N) is 1. The first-order valence-corrected chi connectivity index (χ1v) is 8.84. The van der Waals surface area contributed by atoms with Crippen molar-refractivity contribution in [3.05, 3.63) is 64.9 Å². The molecule has 0 radical (unpaired) electrons. The molecule has 3 rings (SSSR count). The van der Waals surface area contributed by atoms with E-state index < -0.39 is 17.2 Å². The number of Topliss-reactive ketones (excluding diaryl/α,β-unsaturated/α-hetero) is 1. The van der Waals surface area contributed by atoms with Gasteiger partial charge in [0.1, 0.15) is 5.58 Å². The first-order chi connectivity index (χ1) is 13.3. The van der Waals surface area contributed by atoms with Crippen LogP contribution in [0.1, 0.15) is 29.8 Å². The molecule has 1 atom stereocenters. The van der Waals surface area contributed by atoms with Crippen molar-refractivity contribution in [3.8, 4) is 0 Å². The maximum absolute atomic E-state index is 13.6. The van der Waals surface area contributed by atoms with E-state index in [-0.39, 0.29) is 17.2 Å². The molecule has 0 saturated heterocycles. The van der Waals surface area contributed by atoms with Crippen LogP contribution in [0.4, 0.5) is 5.69 Å². The topological polar surface area (TPSA) is 85.6 Å². The molecule has 0 saturated carbocycles. The van der Waals surface area contributed by atoms with Crippen LogP contribution >= 0.6 is 11.6 Å². The molecule has 1 amide bonds. The largest absolute Gasteiger partial charge is 0.468 e. The quantitative estimate of drug-likeness (QED) is 0.391. The van der Waals surface area contributed by atoms with Gasteiger partial charge in [-0.3, -0.25) is 14.4 Å². The Balaban J connectivity index is 2.22. The summed E-state index contributed by atoms with van der Waals surface area (Å²) in [6.45, 7) is 2.79. The SMILES string of the molecule is COC(=O)C(C)(C(=O)c1ccc(Cl)cc1NC(C)=O)c1coc2ccccc12. The number of fused-ring (bicyclic) bond motifs is 1. The number of hydrogen-bond donors (Lipinski definition) is 1. The number of para-hydroxylation sites is 1. The number of hydrogen-bond acceptors (Lipinski definition) is 5. The lowest BCUT2D eigenvalue weighted by Gasteiger charge is -2.25. The van der Waals surface area contributed by atoms with Gasteiger partial charge in [-0.15, -0.1) is 0 Å². The first kappa shape index (κ1) is 19.6. The number of amides is 1. The van der Waals surface area contributed by atoms with Crippen molar-refractivity contribution < 1.29 is 23.5 Å². The van der Waals surface area contributed by atoms with E-state index in [2.05, 4.69) is 5.32 Å². The third kappa shape index (κ3) is 3.27. The van der Waals surface area contributed by atoms with Gasteiger partial charge in [-0.25, -0.2) is 0 Å². The van der Waals surface area contributed by atoms with Gasteiger partial charge >= 0.3 is 5.97 Å². The Labute approximate surface area is 166 Å². The van der Waals surface area contributed by atoms with Crippen LogP contribution in [0.2, 0.25) is 5.02 Å². The van der Waals surface area contributed by atoms with Crippen LogP contribution in [0.15, 0.2) is 53.1 Å². The molecule has 0 aliphatic heterocycles. The monoisotopic (exact) mass is 399 g/mol. The van der Waals surface area contributed by atoms with E-state index in [0.717, 1.165) is 0 Å². The van der Waals surface area contributed by atoms with Gasteiger partial charge in [-0.2, -0.15) is 0 Å². The van der Waals surface area contributed by atoms with Gasteiger partial charge in [0.05, 0.1) is 19.1 Å². The lowest BCUT2D eigenvalue weighted by molar-refractivity contribution is -0.144. The predicted molar refractivity (Wildman–Crippen MR) is 106 cm³/mol. The maximum Gasteiger partial charge on any atom is 0.324 e. The summed E-state index contributed by atoms with van der Waals surface area (Å²) in [6, 6.07) is 11.5. The van der Waals surface area contributed by atoms with Gasteiger partial charge in [0, 0.05) is 28.5 Å². The lowest BCUT2D eigenvalue weighted by Crippen LogP contribution is -2.42. The Morgan fingerprint density at radius 1 is 1.14 bits per heavy atom. The Morgan fingerprint density at radius 3 is 2.54 bits per heavy atom. The van der Waals surface area contributed by atoms with Crippen LogP contribution in [-0.2, 0) is 19.7 Å². The summed E-state index contributed by atoms with van der Waals surface area (Å²) in [5.41, 5.74) is -0.421. The highest BCUT2D eigenvalue weighted by Gasteiger charge is 2.47. The van der Waals surface area contributed by atoms with E-state index in [0.29, 0.717) is 21.6 Å². The van der Waals surface area contributed by atoms with Gasteiger partial charge in [-0.05, 0) is 31.2 Å². The molecule has 0 bridgehead atoms. The molecular weight excluding hydrogens is 382 g/mol. The summed E-state index contributed by atoms with van der Waals surface area (Å²) in [5.74, 6) is -1.66. The fraction of sp³-hybridized carbons (Fsp3) is 0.190. The number of carbonyl (C=O) groups is 3. The predicted octanol–water partition coefficient (Wildman–Crippen LogP) is 4.36. The molecule has 0 aliphatic carbocycles. The van der Waals surface area contributed by atoms with Crippen molar-refractivity contribution in [1.82, 2.24) is 0 Å². The van der Waals surface area contributed by atoms with Crippen molar-refractivity contribution in [1.29, 1.82) is 0 Å². The lowest BCUT2D eigenvalue weighted by atomic mass is 9.75. The number of halogens is 1. The van der Waals surface area contributed by atoms with Crippen molar-refractivity contribution in [2.24, 2.45) is 0 Å². The number of benzene rings is 2. The normalized spacial score (nSPS) is 13.0. The minimum Gasteiger partial charge on any atom is -0.468 e. The fourth-order valence-electron chi connectivity index (χ4n) is 3.17. The summed E-state index contributed by atoms with van der Waals surface area (Å²) in [7, 11) is 1.22. The highest BCUT2D eigenvalue weighted by molar-refractivity contribution is 6.31. The average Bonchev–Trinajstić information content (AvgIpc) is 3.10. The summed E-state index contributed by atoms with van der Waals surface area (Å²) in [4.78, 5) is 37.9. The maximum atomic E-state index is 13.6. The second-order valence-corrected chi connectivity index (χ2v) is 6.90. The molecule has 1 unspecified atom stereocenters. The zero-order valence-electron chi connectivity index (χ0n) is 15.5. The smallest absolute Gasteiger partial charge is 0.324 e. The van der Waals surface area contributed by atoms with E-state index in [1.807, 2.05) is 0 Å². The van der Waals surface area contributed by atoms with E-state index in [1.54, 1.807) is 24.3 Å². The molecule has 144 valence electrons. The second kappa shape index (κ2) is 7.48. The van der Waals surface area contributed by atoms with Crippen molar-refractivity contribution in [2.75, 3.05) is 12.4 Å².